The molecule has 1 aromatic carbocycles. The molecule has 0 saturated carbocycles. The lowest BCUT2D eigenvalue weighted by molar-refractivity contribution is -0.133. The van der Waals surface area contributed by atoms with Crippen LogP contribution >= 0.6 is 0 Å². The molecule has 1 amide bonds. The third kappa shape index (κ3) is 4.07. The number of piperidine rings is 1. The van der Waals surface area contributed by atoms with E-state index >= 15 is 0 Å². The van der Waals surface area contributed by atoms with Gasteiger partial charge in [0.15, 0.2) is 0 Å². The molecule has 0 bridgehead atoms. The van der Waals surface area contributed by atoms with Crippen LogP contribution in [-0.4, -0.2) is 73.6 Å². The molecule has 28 heavy (non-hydrogen) atoms. The van der Waals surface area contributed by atoms with E-state index in [0.29, 0.717) is 12.5 Å². The number of aryl methyl sites for hydroxylation is 1. The number of nitrogens with zero attached hydrogens (tertiary/aromatic N) is 4. The summed E-state index contributed by atoms with van der Waals surface area (Å²) in [5.41, 5.74) is 2.20. The van der Waals surface area contributed by atoms with Crippen molar-refractivity contribution in [3.8, 4) is 5.75 Å². The van der Waals surface area contributed by atoms with E-state index in [1.165, 1.54) is 12.0 Å². The molecule has 2 aliphatic rings. The lowest BCUT2D eigenvalue weighted by atomic mass is 10.1. The van der Waals surface area contributed by atoms with E-state index in [0.717, 1.165) is 74.6 Å². The van der Waals surface area contributed by atoms with Crippen molar-refractivity contribution in [2.75, 3.05) is 57.8 Å². The van der Waals surface area contributed by atoms with Gasteiger partial charge < -0.3 is 14.5 Å². The average molecular weight is 383 g/mol. The molecule has 0 spiro atoms. The van der Waals surface area contributed by atoms with Gasteiger partial charge in [0.25, 0.3) is 0 Å². The number of amides is 1. The molecule has 0 atom stereocenters. The molecule has 0 radical (unpaired) electrons. The highest BCUT2D eigenvalue weighted by Gasteiger charge is 2.23. The van der Waals surface area contributed by atoms with E-state index < -0.39 is 0 Å². The Balaban J connectivity index is 1.40. The van der Waals surface area contributed by atoms with Gasteiger partial charge in [-0.3, -0.25) is 9.69 Å². The van der Waals surface area contributed by atoms with E-state index in [4.69, 9.17) is 9.72 Å². The van der Waals surface area contributed by atoms with E-state index in [9.17, 15) is 4.79 Å². The highest BCUT2D eigenvalue weighted by Crippen LogP contribution is 2.26. The first-order valence-electron chi connectivity index (χ1n) is 10.3. The minimum atomic E-state index is 0.292. The molecule has 0 N–H and O–H groups in total. The van der Waals surface area contributed by atoms with Crippen LogP contribution in [0.1, 0.15) is 24.8 Å². The van der Waals surface area contributed by atoms with Gasteiger partial charge in [0, 0.05) is 50.7 Å². The largest absolute Gasteiger partial charge is 0.497 e. The molecule has 0 unspecified atom stereocenters. The van der Waals surface area contributed by atoms with Crippen LogP contribution in [0.2, 0.25) is 0 Å². The van der Waals surface area contributed by atoms with Crippen LogP contribution in [0.5, 0.6) is 5.75 Å². The molecule has 2 fully saturated rings. The Morgan fingerprint density at radius 1 is 1.04 bits per heavy atom. The third-order valence-corrected chi connectivity index (χ3v) is 5.97. The summed E-state index contributed by atoms with van der Waals surface area (Å²) in [5.74, 6) is 2.14. The molecule has 2 aliphatic heterocycles. The maximum Gasteiger partial charge on any atom is 0.236 e. The number of fused-ring (bicyclic) bond motifs is 1. The fourth-order valence-corrected chi connectivity index (χ4v) is 4.22. The number of pyridine rings is 1. The molecule has 1 aromatic heterocycles. The average Bonchev–Trinajstić information content (AvgIpc) is 2.74. The van der Waals surface area contributed by atoms with E-state index in [2.05, 4.69) is 28.9 Å². The van der Waals surface area contributed by atoms with Gasteiger partial charge in [-0.15, -0.1) is 0 Å². The van der Waals surface area contributed by atoms with Crippen LogP contribution in [-0.2, 0) is 4.79 Å². The lowest BCUT2D eigenvalue weighted by Crippen LogP contribution is -2.50. The summed E-state index contributed by atoms with van der Waals surface area (Å²) in [6, 6.07) is 8.22. The first-order chi connectivity index (χ1) is 13.6. The highest BCUT2D eigenvalue weighted by molar-refractivity contribution is 5.85. The van der Waals surface area contributed by atoms with Crippen LogP contribution < -0.4 is 9.64 Å². The van der Waals surface area contributed by atoms with Crippen LogP contribution in [0.3, 0.4) is 0 Å². The summed E-state index contributed by atoms with van der Waals surface area (Å²) >= 11 is 0. The van der Waals surface area contributed by atoms with E-state index in [-0.39, 0.29) is 0 Å². The minimum absolute atomic E-state index is 0.292. The quantitative estimate of drug-likeness (QED) is 0.814. The van der Waals surface area contributed by atoms with E-state index in [1.807, 2.05) is 17.0 Å². The standard InChI is InChI=1S/C22H30N4O2/c1-17-14-21(23-20-15-18(28-2)6-7-19(17)20)25-12-10-24(11-13-25)16-22(27)26-8-4-3-5-9-26/h6-7,14-15H,3-5,8-13,16H2,1-2H3. The summed E-state index contributed by atoms with van der Waals surface area (Å²) in [6.45, 7) is 8.14. The van der Waals surface area contributed by atoms with Crippen molar-refractivity contribution in [2.45, 2.75) is 26.2 Å². The van der Waals surface area contributed by atoms with Crippen LogP contribution in [0.15, 0.2) is 24.3 Å². The topological polar surface area (TPSA) is 48.9 Å². The molecule has 4 rings (SSSR count). The Bertz CT molecular complexity index is 840. The number of likely N-dealkylation sites (tertiary alicyclic amines) is 1. The Hall–Kier alpha value is -2.34. The number of piperazine rings is 1. The number of aromatic nitrogens is 1. The van der Waals surface area contributed by atoms with Gasteiger partial charge >= 0.3 is 0 Å². The number of methoxy groups -OCH3 is 1. The SMILES string of the molecule is COc1ccc2c(C)cc(N3CCN(CC(=O)N4CCCCC4)CC3)nc2c1. The van der Waals surface area contributed by atoms with Crippen molar-refractivity contribution < 1.29 is 9.53 Å². The van der Waals surface area contributed by atoms with Gasteiger partial charge in [-0.1, -0.05) is 0 Å². The molecule has 2 aromatic rings. The Labute approximate surface area is 167 Å². The molecule has 6 nitrogen and oxygen atoms in total. The molecular weight excluding hydrogens is 352 g/mol. The van der Waals surface area contributed by atoms with Crippen LogP contribution in [0.25, 0.3) is 10.9 Å². The first-order valence-corrected chi connectivity index (χ1v) is 10.3. The smallest absolute Gasteiger partial charge is 0.236 e. The van der Waals surface area contributed by atoms with Gasteiger partial charge in [-0.05, 0) is 49.9 Å². The highest BCUT2D eigenvalue weighted by atomic mass is 16.5. The fraction of sp³-hybridized carbons (Fsp3) is 0.545. The van der Waals surface area contributed by atoms with Gasteiger partial charge in [-0.25, -0.2) is 4.98 Å². The van der Waals surface area contributed by atoms with E-state index in [1.54, 1.807) is 7.11 Å². The number of hydrogen-bond donors (Lipinski definition) is 0. The number of anilines is 1. The molecule has 3 heterocycles. The van der Waals surface area contributed by atoms with Crippen molar-refractivity contribution in [3.63, 3.8) is 0 Å². The predicted molar refractivity (Wildman–Crippen MR) is 112 cm³/mol. The Morgan fingerprint density at radius 3 is 2.50 bits per heavy atom. The second-order valence-corrected chi connectivity index (χ2v) is 7.89. The summed E-state index contributed by atoms with van der Waals surface area (Å²) in [6.07, 6.45) is 3.56. The number of ether oxygens (including phenoxy) is 1. The fourth-order valence-electron chi connectivity index (χ4n) is 4.22. The summed E-state index contributed by atoms with van der Waals surface area (Å²) < 4.78 is 5.35. The maximum atomic E-state index is 12.5. The second-order valence-electron chi connectivity index (χ2n) is 7.89. The van der Waals surface area contributed by atoms with Crippen molar-refractivity contribution in [3.05, 3.63) is 29.8 Å². The number of hydrogen-bond acceptors (Lipinski definition) is 5. The Kier molecular flexibility index (Phi) is 5.67. The van der Waals surface area contributed by atoms with Gasteiger partial charge in [-0.2, -0.15) is 0 Å². The molecule has 150 valence electrons. The Morgan fingerprint density at radius 2 is 1.79 bits per heavy atom. The third-order valence-electron chi connectivity index (χ3n) is 5.97. The second kappa shape index (κ2) is 8.35. The summed E-state index contributed by atoms with van der Waals surface area (Å²) in [4.78, 5) is 24.0. The van der Waals surface area contributed by atoms with Crippen LogP contribution in [0.4, 0.5) is 5.82 Å². The van der Waals surface area contributed by atoms with Gasteiger partial charge in [0.05, 0.1) is 19.2 Å². The molecular formula is C22H30N4O2. The zero-order valence-corrected chi connectivity index (χ0v) is 17.0. The molecule has 6 heteroatoms. The normalized spacial score (nSPS) is 18.5. The number of rotatable bonds is 4. The van der Waals surface area contributed by atoms with Crippen LogP contribution in [0, 0.1) is 6.92 Å². The zero-order valence-electron chi connectivity index (χ0n) is 17.0. The number of carbonyl (C=O) groups is 1. The van der Waals surface area contributed by atoms with Crippen molar-refractivity contribution >= 4 is 22.6 Å². The molecule has 0 aliphatic carbocycles. The first kappa shape index (κ1) is 19.0. The molecule has 2 saturated heterocycles. The van der Waals surface area contributed by atoms with Gasteiger partial charge in [0.1, 0.15) is 11.6 Å². The summed E-state index contributed by atoms with van der Waals surface area (Å²) in [7, 11) is 1.68. The zero-order chi connectivity index (χ0) is 19.5. The number of carbonyl (C=O) groups excluding carboxylic acids is 1. The monoisotopic (exact) mass is 382 g/mol. The van der Waals surface area contributed by atoms with Crippen molar-refractivity contribution in [2.24, 2.45) is 0 Å². The number of benzene rings is 1. The van der Waals surface area contributed by atoms with Gasteiger partial charge in [0.2, 0.25) is 5.91 Å². The summed E-state index contributed by atoms with van der Waals surface area (Å²) in [5, 5.41) is 1.16. The lowest BCUT2D eigenvalue weighted by Gasteiger charge is -2.36. The van der Waals surface area contributed by atoms with Crippen molar-refractivity contribution in [1.29, 1.82) is 0 Å². The maximum absolute atomic E-state index is 12.5. The minimum Gasteiger partial charge on any atom is -0.497 e. The predicted octanol–water partition coefficient (Wildman–Crippen LogP) is 2.69. The van der Waals surface area contributed by atoms with Crippen molar-refractivity contribution in [1.82, 2.24) is 14.8 Å².